The van der Waals surface area contributed by atoms with Crippen LogP contribution in [-0.2, 0) is 6.18 Å². The zero-order valence-electron chi connectivity index (χ0n) is 12.9. The molecule has 0 spiro atoms. The number of nitrogens with zero attached hydrogens (tertiary/aromatic N) is 2. The Kier molecular flexibility index (Phi) is 4.03. The van der Waals surface area contributed by atoms with Crippen LogP contribution in [0.1, 0.15) is 5.56 Å². The number of methoxy groups -OCH3 is 1. The number of non-ortho nitro benzene ring substituents is 1. The summed E-state index contributed by atoms with van der Waals surface area (Å²) < 4.78 is 44.9. The SMILES string of the molecule is COc1nc(-c2ccccc2C(F)(F)F)cc2c([N+](=O)[O-])cccc12. The van der Waals surface area contributed by atoms with Gasteiger partial charge in [-0.05, 0) is 18.2 Å². The number of halogens is 3. The number of rotatable bonds is 3. The van der Waals surface area contributed by atoms with Gasteiger partial charge in [0.25, 0.3) is 5.69 Å². The number of pyridine rings is 1. The first-order valence-electron chi connectivity index (χ1n) is 7.11. The van der Waals surface area contributed by atoms with E-state index in [4.69, 9.17) is 4.74 Å². The lowest BCUT2D eigenvalue weighted by atomic mass is 10.0. The van der Waals surface area contributed by atoms with E-state index < -0.39 is 16.7 Å². The molecular weight excluding hydrogens is 337 g/mol. The number of ether oxygens (including phenoxy) is 1. The molecule has 0 aliphatic rings. The van der Waals surface area contributed by atoms with Crippen molar-refractivity contribution in [1.82, 2.24) is 4.98 Å². The molecule has 0 fully saturated rings. The summed E-state index contributed by atoms with van der Waals surface area (Å²) in [5, 5.41) is 11.8. The van der Waals surface area contributed by atoms with Gasteiger partial charge in [-0.25, -0.2) is 4.98 Å². The van der Waals surface area contributed by atoms with Crippen LogP contribution in [0.2, 0.25) is 0 Å². The highest BCUT2D eigenvalue weighted by Crippen LogP contribution is 2.39. The predicted octanol–water partition coefficient (Wildman–Crippen LogP) is 4.84. The number of fused-ring (bicyclic) bond motifs is 1. The molecule has 2 aromatic carbocycles. The summed E-state index contributed by atoms with van der Waals surface area (Å²) in [5.41, 5.74) is -1.33. The molecule has 0 saturated carbocycles. The Bertz CT molecular complexity index is 971. The molecule has 0 bridgehead atoms. The molecule has 1 aromatic heterocycles. The van der Waals surface area contributed by atoms with Gasteiger partial charge in [-0.2, -0.15) is 13.2 Å². The Labute approximate surface area is 139 Å². The molecule has 3 aromatic rings. The van der Waals surface area contributed by atoms with E-state index >= 15 is 0 Å². The average molecular weight is 348 g/mol. The standard InChI is InChI=1S/C17H11F3N2O3/c1-25-16-10-6-4-8-15(22(23)24)12(10)9-14(21-16)11-5-2-3-7-13(11)17(18,19)20/h2-9H,1H3. The van der Waals surface area contributed by atoms with Crippen LogP contribution in [0.3, 0.4) is 0 Å². The molecule has 25 heavy (non-hydrogen) atoms. The summed E-state index contributed by atoms with van der Waals surface area (Å²) in [6.45, 7) is 0. The predicted molar refractivity (Wildman–Crippen MR) is 85.4 cm³/mol. The van der Waals surface area contributed by atoms with Crippen LogP contribution >= 0.6 is 0 Å². The molecule has 0 unspecified atom stereocenters. The Hall–Kier alpha value is -3.16. The van der Waals surface area contributed by atoms with Gasteiger partial charge in [0, 0.05) is 11.6 Å². The second kappa shape index (κ2) is 6.04. The zero-order valence-corrected chi connectivity index (χ0v) is 12.9. The van der Waals surface area contributed by atoms with Crippen LogP contribution < -0.4 is 4.74 Å². The Morgan fingerprint density at radius 1 is 1.08 bits per heavy atom. The van der Waals surface area contributed by atoms with Crippen molar-refractivity contribution in [1.29, 1.82) is 0 Å². The summed E-state index contributed by atoms with van der Waals surface area (Å²) in [7, 11) is 1.31. The van der Waals surface area contributed by atoms with Gasteiger partial charge in [0.15, 0.2) is 0 Å². The number of hydrogen-bond donors (Lipinski definition) is 0. The minimum Gasteiger partial charge on any atom is -0.481 e. The fourth-order valence-corrected chi connectivity index (χ4v) is 2.64. The molecule has 0 amide bonds. The number of nitro benzene ring substituents is 1. The summed E-state index contributed by atoms with van der Waals surface area (Å²) in [6, 6.07) is 10.5. The Balaban J connectivity index is 2.36. The Morgan fingerprint density at radius 2 is 1.80 bits per heavy atom. The highest BCUT2D eigenvalue weighted by molar-refractivity contribution is 5.96. The van der Waals surface area contributed by atoms with Crippen molar-refractivity contribution in [2.75, 3.05) is 7.11 Å². The number of nitro groups is 1. The number of aromatic nitrogens is 1. The van der Waals surface area contributed by atoms with Crippen molar-refractivity contribution in [3.05, 3.63) is 64.2 Å². The highest BCUT2D eigenvalue weighted by atomic mass is 19.4. The van der Waals surface area contributed by atoms with Crippen LogP contribution in [0.4, 0.5) is 18.9 Å². The van der Waals surface area contributed by atoms with Gasteiger partial charge in [0.05, 0.1) is 34.1 Å². The van der Waals surface area contributed by atoms with Crippen LogP contribution in [0.15, 0.2) is 48.5 Å². The van der Waals surface area contributed by atoms with Gasteiger partial charge in [0.1, 0.15) is 0 Å². The summed E-state index contributed by atoms with van der Waals surface area (Å²) >= 11 is 0. The van der Waals surface area contributed by atoms with Crippen molar-refractivity contribution in [3.8, 4) is 17.1 Å². The monoisotopic (exact) mass is 348 g/mol. The average Bonchev–Trinajstić information content (AvgIpc) is 2.59. The topological polar surface area (TPSA) is 65.3 Å². The maximum Gasteiger partial charge on any atom is 0.417 e. The molecule has 5 nitrogen and oxygen atoms in total. The quantitative estimate of drug-likeness (QED) is 0.502. The van der Waals surface area contributed by atoms with Crippen molar-refractivity contribution >= 4 is 16.5 Å². The lowest BCUT2D eigenvalue weighted by Gasteiger charge is -2.14. The van der Waals surface area contributed by atoms with E-state index in [0.717, 1.165) is 6.07 Å². The second-order valence-corrected chi connectivity index (χ2v) is 5.19. The molecule has 0 atom stereocenters. The largest absolute Gasteiger partial charge is 0.481 e. The fraction of sp³-hybridized carbons (Fsp3) is 0.118. The molecule has 0 radical (unpaired) electrons. The highest BCUT2D eigenvalue weighted by Gasteiger charge is 2.34. The van der Waals surface area contributed by atoms with Crippen LogP contribution in [0, 0.1) is 10.1 Å². The molecular formula is C17H11F3N2O3. The first-order valence-corrected chi connectivity index (χ1v) is 7.11. The summed E-state index contributed by atoms with van der Waals surface area (Å²) in [4.78, 5) is 14.8. The molecule has 0 aliphatic heterocycles. The van der Waals surface area contributed by atoms with E-state index in [-0.39, 0.29) is 28.2 Å². The van der Waals surface area contributed by atoms with Gasteiger partial charge in [-0.15, -0.1) is 0 Å². The number of hydrogen-bond acceptors (Lipinski definition) is 4. The zero-order chi connectivity index (χ0) is 18.2. The van der Waals surface area contributed by atoms with Crippen molar-refractivity contribution in [2.24, 2.45) is 0 Å². The normalized spacial score (nSPS) is 11.5. The molecule has 1 heterocycles. The van der Waals surface area contributed by atoms with Crippen LogP contribution in [-0.4, -0.2) is 17.0 Å². The molecule has 8 heteroatoms. The summed E-state index contributed by atoms with van der Waals surface area (Å²) in [6.07, 6.45) is -4.58. The van der Waals surface area contributed by atoms with Gasteiger partial charge in [-0.1, -0.05) is 24.3 Å². The maximum atomic E-state index is 13.3. The number of benzene rings is 2. The van der Waals surface area contributed by atoms with E-state index in [1.165, 1.54) is 43.5 Å². The van der Waals surface area contributed by atoms with Crippen molar-refractivity contribution < 1.29 is 22.8 Å². The molecule has 0 aliphatic carbocycles. The summed E-state index contributed by atoms with van der Waals surface area (Å²) in [5.74, 6) is 0.0215. The van der Waals surface area contributed by atoms with Gasteiger partial charge < -0.3 is 4.74 Å². The van der Waals surface area contributed by atoms with E-state index in [1.807, 2.05) is 0 Å². The Morgan fingerprint density at radius 3 is 2.44 bits per heavy atom. The maximum absolute atomic E-state index is 13.3. The molecule has 128 valence electrons. The van der Waals surface area contributed by atoms with E-state index in [1.54, 1.807) is 6.07 Å². The second-order valence-electron chi connectivity index (χ2n) is 5.19. The van der Waals surface area contributed by atoms with Crippen LogP contribution in [0.5, 0.6) is 5.88 Å². The fourth-order valence-electron chi connectivity index (χ4n) is 2.64. The number of alkyl halides is 3. The third kappa shape index (κ3) is 2.98. The van der Waals surface area contributed by atoms with E-state index in [0.29, 0.717) is 5.39 Å². The van der Waals surface area contributed by atoms with E-state index in [9.17, 15) is 23.3 Å². The first-order chi connectivity index (χ1) is 11.8. The van der Waals surface area contributed by atoms with Crippen molar-refractivity contribution in [3.63, 3.8) is 0 Å². The van der Waals surface area contributed by atoms with Gasteiger partial charge in [-0.3, -0.25) is 10.1 Å². The molecule has 0 saturated heterocycles. The lowest BCUT2D eigenvalue weighted by molar-refractivity contribution is -0.383. The van der Waals surface area contributed by atoms with Crippen LogP contribution in [0.25, 0.3) is 22.0 Å². The molecule has 3 rings (SSSR count). The third-order valence-corrected chi connectivity index (χ3v) is 3.72. The smallest absolute Gasteiger partial charge is 0.417 e. The van der Waals surface area contributed by atoms with Gasteiger partial charge >= 0.3 is 6.18 Å². The minimum atomic E-state index is -4.58. The molecule has 0 N–H and O–H groups in total. The lowest BCUT2D eigenvalue weighted by Crippen LogP contribution is -2.07. The first kappa shape index (κ1) is 16.7. The van der Waals surface area contributed by atoms with Crippen molar-refractivity contribution in [2.45, 2.75) is 6.18 Å². The third-order valence-electron chi connectivity index (χ3n) is 3.72. The van der Waals surface area contributed by atoms with Gasteiger partial charge in [0.2, 0.25) is 5.88 Å². The minimum absolute atomic E-state index is 0.0215. The van der Waals surface area contributed by atoms with E-state index in [2.05, 4.69) is 4.98 Å².